The van der Waals surface area contributed by atoms with Crippen LogP contribution < -0.4 is 21.6 Å². The number of amides is 1. The molecule has 0 radical (unpaired) electrons. The summed E-state index contributed by atoms with van der Waals surface area (Å²) in [7, 11) is 1.67. The molecule has 0 saturated heterocycles. The molecule has 0 spiro atoms. The maximum atomic E-state index is 11.9. The number of likely N-dealkylation sites (N-methyl/N-ethyl adjacent to an activating group) is 1. The van der Waals surface area contributed by atoms with Gasteiger partial charge in [0.2, 0.25) is 0 Å². The van der Waals surface area contributed by atoms with Crippen molar-refractivity contribution in [2.75, 3.05) is 20.2 Å². The summed E-state index contributed by atoms with van der Waals surface area (Å²) >= 11 is 0. The van der Waals surface area contributed by atoms with E-state index < -0.39 is 6.09 Å². The molecule has 1 aliphatic carbocycles. The first-order valence-corrected chi connectivity index (χ1v) is 11.0. The van der Waals surface area contributed by atoms with Crippen molar-refractivity contribution in [3.63, 3.8) is 0 Å². The number of hydrazine groups is 1. The minimum Gasteiger partial charge on any atom is -0.489 e. The zero-order valence-corrected chi connectivity index (χ0v) is 18.6. The number of carbonyl (C=O) groups is 1. The van der Waals surface area contributed by atoms with Gasteiger partial charge in [-0.2, -0.15) is 0 Å². The van der Waals surface area contributed by atoms with Crippen molar-refractivity contribution in [3.8, 4) is 5.75 Å². The van der Waals surface area contributed by atoms with Crippen LogP contribution in [0, 0.1) is 0 Å². The van der Waals surface area contributed by atoms with E-state index in [0.717, 1.165) is 43.5 Å². The molecule has 0 aliphatic heterocycles. The number of hydrogen-bond acceptors (Lipinski definition) is 7. The van der Waals surface area contributed by atoms with E-state index in [1.807, 2.05) is 26.0 Å². The number of nitrogens with zero attached hydrogens (tertiary/aromatic N) is 2. The molecular formula is C22H37N5O3. The fraction of sp³-hybridized carbons (Fsp3) is 0.636. The average molecular weight is 420 g/mol. The Bertz CT molecular complexity index is 715. The number of nitrogens with one attached hydrogen (secondary N) is 1. The van der Waals surface area contributed by atoms with Crippen molar-refractivity contribution in [1.29, 1.82) is 0 Å². The van der Waals surface area contributed by atoms with Gasteiger partial charge in [-0.15, -0.1) is 0 Å². The molecule has 1 aromatic heterocycles. The van der Waals surface area contributed by atoms with E-state index in [0.29, 0.717) is 23.7 Å². The molecule has 5 N–H and O–H groups in total. The highest BCUT2D eigenvalue weighted by Gasteiger charge is 2.18. The Morgan fingerprint density at radius 2 is 2.00 bits per heavy atom. The van der Waals surface area contributed by atoms with Crippen LogP contribution in [0.5, 0.6) is 5.75 Å². The van der Waals surface area contributed by atoms with Gasteiger partial charge in [-0.25, -0.2) is 15.6 Å². The van der Waals surface area contributed by atoms with Crippen molar-refractivity contribution in [1.82, 2.24) is 15.3 Å². The van der Waals surface area contributed by atoms with Crippen LogP contribution in [-0.4, -0.2) is 42.4 Å². The van der Waals surface area contributed by atoms with Gasteiger partial charge >= 0.3 is 6.09 Å². The second kappa shape index (κ2) is 12.3. The fourth-order valence-electron chi connectivity index (χ4n) is 3.44. The molecule has 30 heavy (non-hydrogen) atoms. The number of aryl methyl sites for hydroxylation is 1. The monoisotopic (exact) mass is 419 g/mol. The van der Waals surface area contributed by atoms with Gasteiger partial charge in [0, 0.05) is 7.05 Å². The Morgan fingerprint density at radius 3 is 2.63 bits per heavy atom. The summed E-state index contributed by atoms with van der Waals surface area (Å²) < 4.78 is 11.3. The summed E-state index contributed by atoms with van der Waals surface area (Å²) in [4.78, 5) is 16.6. The third-order valence-corrected chi connectivity index (χ3v) is 5.26. The standard InChI is InChI=1S/C22H37N5O3/c1-4-6-14-29-22(28)25-15-19(27(3)24)21(23)18-12-13-20(17(5-2)26-18)30-16-10-8-7-9-11-16/h12-13,16H,4-11,14-15,23-24H2,1-3H3,(H,25,28)/b21-19-. The lowest BCUT2D eigenvalue weighted by Gasteiger charge is -2.24. The van der Waals surface area contributed by atoms with Crippen molar-refractivity contribution in [2.24, 2.45) is 11.6 Å². The highest BCUT2D eigenvalue weighted by atomic mass is 16.5. The molecule has 2 rings (SSSR count). The van der Waals surface area contributed by atoms with E-state index in [4.69, 9.17) is 26.0 Å². The van der Waals surface area contributed by atoms with Crippen molar-refractivity contribution in [3.05, 3.63) is 29.2 Å². The van der Waals surface area contributed by atoms with Crippen molar-refractivity contribution in [2.45, 2.75) is 71.3 Å². The first-order valence-electron chi connectivity index (χ1n) is 11.0. The van der Waals surface area contributed by atoms with E-state index in [2.05, 4.69) is 5.32 Å². The summed E-state index contributed by atoms with van der Waals surface area (Å²) in [6, 6.07) is 3.78. The number of nitrogens with two attached hydrogens (primary N) is 2. The van der Waals surface area contributed by atoms with Crippen LogP contribution in [0.1, 0.15) is 70.2 Å². The molecule has 1 aromatic rings. The smallest absolute Gasteiger partial charge is 0.407 e. The second-order valence-corrected chi connectivity index (χ2v) is 7.69. The Labute approximate surface area is 180 Å². The summed E-state index contributed by atoms with van der Waals surface area (Å²) in [5.74, 6) is 6.78. The number of alkyl carbamates (subject to hydrolysis) is 1. The van der Waals surface area contributed by atoms with E-state index in [1.54, 1.807) is 7.05 Å². The topological polar surface area (TPSA) is 116 Å². The number of rotatable bonds is 10. The van der Waals surface area contributed by atoms with Gasteiger partial charge in [0.25, 0.3) is 0 Å². The van der Waals surface area contributed by atoms with E-state index >= 15 is 0 Å². The lowest BCUT2D eigenvalue weighted by molar-refractivity contribution is 0.145. The van der Waals surface area contributed by atoms with E-state index in [9.17, 15) is 4.79 Å². The molecule has 8 nitrogen and oxygen atoms in total. The quantitative estimate of drug-likeness (QED) is 0.303. The predicted octanol–water partition coefficient (Wildman–Crippen LogP) is 3.31. The highest BCUT2D eigenvalue weighted by molar-refractivity contribution is 5.69. The Balaban J connectivity index is 2.12. The van der Waals surface area contributed by atoms with Crippen LogP contribution in [0.2, 0.25) is 0 Å². The minimum atomic E-state index is -0.492. The third kappa shape index (κ3) is 7.09. The number of pyridine rings is 1. The van der Waals surface area contributed by atoms with Gasteiger partial charge in [-0.1, -0.05) is 26.7 Å². The maximum Gasteiger partial charge on any atom is 0.407 e. The zero-order valence-electron chi connectivity index (χ0n) is 18.6. The van der Waals surface area contributed by atoms with Crippen LogP contribution in [-0.2, 0) is 11.2 Å². The second-order valence-electron chi connectivity index (χ2n) is 7.69. The van der Waals surface area contributed by atoms with Crippen molar-refractivity contribution >= 4 is 11.8 Å². The molecule has 0 unspecified atom stereocenters. The average Bonchev–Trinajstić information content (AvgIpc) is 2.74. The number of carbonyl (C=O) groups excluding carboxylic acids is 1. The molecule has 8 heteroatoms. The van der Waals surface area contributed by atoms with E-state index in [-0.39, 0.29) is 12.6 Å². The van der Waals surface area contributed by atoms with Crippen molar-refractivity contribution < 1.29 is 14.3 Å². The van der Waals surface area contributed by atoms with Gasteiger partial charge in [0.1, 0.15) is 5.75 Å². The SMILES string of the molecule is CCCCOC(=O)NC/C(=C(/N)c1ccc(OC2CCCCC2)c(CC)n1)N(C)N. The first kappa shape index (κ1) is 23.8. The van der Waals surface area contributed by atoms with Crippen LogP contribution in [0.15, 0.2) is 17.8 Å². The molecule has 1 saturated carbocycles. The number of unbranched alkanes of at least 4 members (excludes halogenated alkanes) is 1. The molecule has 1 amide bonds. The molecule has 0 bridgehead atoms. The molecule has 0 atom stereocenters. The van der Waals surface area contributed by atoms with Gasteiger partial charge in [-0.3, -0.25) is 0 Å². The van der Waals surface area contributed by atoms with Crippen LogP contribution in [0.3, 0.4) is 0 Å². The lowest BCUT2D eigenvalue weighted by atomic mass is 9.98. The summed E-state index contributed by atoms with van der Waals surface area (Å²) in [5, 5.41) is 4.08. The predicted molar refractivity (Wildman–Crippen MR) is 118 cm³/mol. The largest absolute Gasteiger partial charge is 0.489 e. The summed E-state index contributed by atoms with van der Waals surface area (Å²) in [5.41, 5.74) is 8.81. The number of hydrogen-bond donors (Lipinski definition) is 3. The molecule has 0 aromatic carbocycles. The summed E-state index contributed by atoms with van der Waals surface area (Å²) in [6.45, 7) is 4.62. The maximum absolute atomic E-state index is 11.9. The van der Waals surface area contributed by atoms with Gasteiger partial charge in [-0.05, 0) is 50.7 Å². The van der Waals surface area contributed by atoms with Gasteiger partial charge in [0.05, 0.1) is 42.0 Å². The van der Waals surface area contributed by atoms with Crippen LogP contribution in [0.4, 0.5) is 4.79 Å². The zero-order chi connectivity index (χ0) is 21.9. The number of ether oxygens (including phenoxy) is 2. The molecule has 168 valence electrons. The molecule has 1 fully saturated rings. The first-order chi connectivity index (χ1) is 14.5. The third-order valence-electron chi connectivity index (χ3n) is 5.26. The fourth-order valence-corrected chi connectivity index (χ4v) is 3.44. The number of aromatic nitrogens is 1. The molecule has 1 heterocycles. The Hall–Kier alpha value is -2.48. The van der Waals surface area contributed by atoms with Gasteiger partial charge < -0.3 is 25.5 Å². The normalized spacial score (nSPS) is 15.3. The van der Waals surface area contributed by atoms with Crippen LogP contribution in [0.25, 0.3) is 5.70 Å². The Kier molecular flexibility index (Phi) is 9.73. The van der Waals surface area contributed by atoms with E-state index in [1.165, 1.54) is 24.3 Å². The van der Waals surface area contributed by atoms with Gasteiger partial charge in [0.15, 0.2) is 0 Å². The molecule has 1 aliphatic rings. The molecular weight excluding hydrogens is 382 g/mol. The van der Waals surface area contributed by atoms with Crippen LogP contribution >= 0.6 is 0 Å². The minimum absolute atomic E-state index is 0.146. The highest BCUT2D eigenvalue weighted by Crippen LogP contribution is 2.27. The lowest BCUT2D eigenvalue weighted by Crippen LogP contribution is -2.36. The summed E-state index contributed by atoms with van der Waals surface area (Å²) in [6.07, 6.45) is 8.20. The Morgan fingerprint density at radius 1 is 1.27 bits per heavy atom.